The van der Waals surface area contributed by atoms with E-state index >= 15 is 0 Å². The van der Waals surface area contributed by atoms with E-state index in [1.165, 1.54) is 4.90 Å². The van der Waals surface area contributed by atoms with Gasteiger partial charge in [0.2, 0.25) is 0 Å². The summed E-state index contributed by atoms with van der Waals surface area (Å²) in [6.07, 6.45) is 3.40. The van der Waals surface area contributed by atoms with Crippen LogP contribution in [-0.2, 0) is 10.0 Å². The smallest absolute Gasteiger partial charge is 0.331 e. The molecular formula is C24H28Cl2FN3O4S. The Bertz CT molecular complexity index is 1160. The Morgan fingerprint density at radius 3 is 2.26 bits per heavy atom. The molecule has 0 bridgehead atoms. The lowest BCUT2D eigenvalue weighted by Gasteiger charge is -2.41. The molecule has 0 radical (unpaired) electrons. The number of carbonyl (C=O) groups excluding carboxylic acids is 1. The van der Waals surface area contributed by atoms with E-state index in [0.29, 0.717) is 29.2 Å². The first-order chi connectivity index (χ1) is 16.6. The minimum absolute atomic E-state index is 0.102. The van der Waals surface area contributed by atoms with Gasteiger partial charge < -0.3 is 9.64 Å². The van der Waals surface area contributed by atoms with E-state index < -0.39 is 21.9 Å². The SMILES string of the molecule is Cc1c(OC2CCN(C3CCN(C(=O)NS(=O)(=O)c4ccc(F)cc4)CC3)CC2)ccc(Cl)c1Cl. The van der Waals surface area contributed by atoms with E-state index in [-0.39, 0.29) is 11.0 Å². The number of hydrogen-bond acceptors (Lipinski definition) is 5. The van der Waals surface area contributed by atoms with E-state index in [9.17, 15) is 17.6 Å². The molecule has 2 fully saturated rings. The number of hydrogen-bond donors (Lipinski definition) is 1. The Morgan fingerprint density at radius 2 is 1.63 bits per heavy atom. The molecule has 2 amide bonds. The molecule has 2 saturated heterocycles. The van der Waals surface area contributed by atoms with Crippen molar-refractivity contribution in [3.05, 3.63) is 57.8 Å². The summed E-state index contributed by atoms with van der Waals surface area (Å²) in [6, 6.07) is 7.64. The predicted octanol–water partition coefficient (Wildman–Crippen LogP) is 4.85. The van der Waals surface area contributed by atoms with Gasteiger partial charge >= 0.3 is 6.03 Å². The van der Waals surface area contributed by atoms with Gasteiger partial charge in [-0.3, -0.25) is 4.90 Å². The maximum atomic E-state index is 13.1. The molecular weight excluding hydrogens is 516 g/mol. The zero-order chi connectivity index (χ0) is 25.2. The maximum absolute atomic E-state index is 13.1. The molecule has 2 aromatic carbocycles. The maximum Gasteiger partial charge on any atom is 0.331 e. The van der Waals surface area contributed by atoms with Crippen LogP contribution in [0.1, 0.15) is 31.2 Å². The van der Waals surface area contributed by atoms with Crippen molar-refractivity contribution in [1.29, 1.82) is 0 Å². The molecule has 7 nitrogen and oxygen atoms in total. The second-order valence-corrected chi connectivity index (χ2v) is 11.4. The van der Waals surface area contributed by atoms with Crippen molar-refractivity contribution >= 4 is 39.3 Å². The summed E-state index contributed by atoms with van der Waals surface area (Å²) in [5.41, 5.74) is 0.841. The second-order valence-electron chi connectivity index (χ2n) is 8.92. The fourth-order valence-electron chi connectivity index (χ4n) is 4.59. The number of nitrogens with zero attached hydrogens (tertiary/aromatic N) is 2. The molecule has 35 heavy (non-hydrogen) atoms. The number of urea groups is 1. The van der Waals surface area contributed by atoms with Crippen molar-refractivity contribution in [2.45, 2.75) is 49.6 Å². The van der Waals surface area contributed by atoms with Crippen molar-refractivity contribution in [2.75, 3.05) is 26.2 Å². The van der Waals surface area contributed by atoms with Crippen LogP contribution in [0.3, 0.4) is 0 Å². The monoisotopic (exact) mass is 543 g/mol. The van der Waals surface area contributed by atoms with Crippen molar-refractivity contribution in [1.82, 2.24) is 14.5 Å². The number of rotatable bonds is 5. The number of piperidine rings is 2. The van der Waals surface area contributed by atoms with Gasteiger partial charge in [0.1, 0.15) is 17.7 Å². The quantitative estimate of drug-likeness (QED) is 0.583. The third kappa shape index (κ3) is 6.20. The van der Waals surface area contributed by atoms with Gasteiger partial charge in [0.05, 0.1) is 14.9 Å². The second kappa shape index (κ2) is 10.9. The van der Waals surface area contributed by atoms with E-state index in [2.05, 4.69) is 9.62 Å². The highest BCUT2D eigenvalue weighted by molar-refractivity contribution is 7.90. The number of ether oxygens (including phenoxy) is 1. The summed E-state index contributed by atoms with van der Waals surface area (Å²) in [5.74, 6) is 0.213. The van der Waals surface area contributed by atoms with Gasteiger partial charge in [-0.05, 0) is 69.0 Å². The Morgan fingerprint density at radius 1 is 1.00 bits per heavy atom. The van der Waals surface area contributed by atoms with Crippen LogP contribution >= 0.6 is 23.2 Å². The van der Waals surface area contributed by atoms with Crippen LogP contribution in [0.5, 0.6) is 5.75 Å². The average Bonchev–Trinajstić information content (AvgIpc) is 2.85. The minimum atomic E-state index is -4.05. The largest absolute Gasteiger partial charge is 0.490 e. The van der Waals surface area contributed by atoms with E-state index in [1.54, 1.807) is 6.07 Å². The lowest BCUT2D eigenvalue weighted by atomic mass is 9.99. The highest BCUT2D eigenvalue weighted by Crippen LogP contribution is 2.34. The third-order valence-corrected chi connectivity index (χ3v) is 8.91. The summed E-state index contributed by atoms with van der Waals surface area (Å²) >= 11 is 12.3. The van der Waals surface area contributed by atoms with E-state index in [0.717, 1.165) is 74.4 Å². The Kier molecular flexibility index (Phi) is 8.10. The number of nitrogens with one attached hydrogen (secondary N) is 1. The number of likely N-dealkylation sites (tertiary alicyclic amines) is 2. The average molecular weight is 544 g/mol. The van der Waals surface area contributed by atoms with Crippen LogP contribution in [0.4, 0.5) is 9.18 Å². The molecule has 0 aliphatic carbocycles. The molecule has 0 spiro atoms. The molecule has 0 atom stereocenters. The van der Waals surface area contributed by atoms with Gasteiger partial charge in [-0.25, -0.2) is 22.3 Å². The number of halogens is 3. The van der Waals surface area contributed by atoms with E-state index in [4.69, 9.17) is 27.9 Å². The first kappa shape index (κ1) is 26.0. The molecule has 2 aromatic rings. The highest BCUT2D eigenvalue weighted by atomic mass is 35.5. The van der Waals surface area contributed by atoms with Gasteiger partial charge in [0.25, 0.3) is 10.0 Å². The minimum Gasteiger partial charge on any atom is -0.490 e. The van der Waals surface area contributed by atoms with Crippen LogP contribution in [0.25, 0.3) is 0 Å². The molecule has 0 saturated carbocycles. The first-order valence-electron chi connectivity index (χ1n) is 11.6. The lowest BCUT2D eigenvalue weighted by Crippen LogP contribution is -2.52. The van der Waals surface area contributed by atoms with Crippen molar-refractivity contribution < 1.29 is 22.3 Å². The fourth-order valence-corrected chi connectivity index (χ4v) is 5.92. The number of carbonyl (C=O) groups is 1. The number of benzene rings is 2. The molecule has 190 valence electrons. The standard InChI is InChI=1S/C24H28Cl2FN3O4S/c1-16-22(7-6-21(25)23(16)26)34-19-10-14-29(15-11-19)18-8-12-30(13-9-18)24(31)28-35(32,33)20-4-2-17(27)3-5-20/h2-7,18-19H,8-15H2,1H3,(H,28,31). The normalized spacial score (nSPS) is 18.5. The zero-order valence-corrected chi connectivity index (χ0v) is 21.7. The highest BCUT2D eigenvalue weighted by Gasteiger charge is 2.31. The van der Waals surface area contributed by atoms with Crippen LogP contribution in [0.2, 0.25) is 10.0 Å². The number of amides is 2. The summed E-state index contributed by atoms with van der Waals surface area (Å²) < 4.78 is 46.2. The topological polar surface area (TPSA) is 79.0 Å². The van der Waals surface area contributed by atoms with Gasteiger partial charge in [0.15, 0.2) is 0 Å². The van der Waals surface area contributed by atoms with Crippen molar-refractivity contribution in [3.8, 4) is 5.75 Å². The summed E-state index contributed by atoms with van der Waals surface area (Å²) in [7, 11) is -4.05. The van der Waals surface area contributed by atoms with Crippen LogP contribution in [0, 0.1) is 12.7 Å². The molecule has 2 aliphatic rings. The number of sulfonamides is 1. The molecule has 0 unspecified atom stereocenters. The fraction of sp³-hybridized carbons (Fsp3) is 0.458. The Balaban J connectivity index is 1.24. The van der Waals surface area contributed by atoms with Crippen LogP contribution < -0.4 is 9.46 Å². The zero-order valence-electron chi connectivity index (χ0n) is 19.3. The summed E-state index contributed by atoms with van der Waals surface area (Å²) in [5, 5.41) is 1.03. The van der Waals surface area contributed by atoms with Crippen LogP contribution in [0.15, 0.2) is 41.3 Å². The lowest BCUT2D eigenvalue weighted by molar-refractivity contribution is 0.0537. The molecule has 0 aromatic heterocycles. The Labute approximate surface area is 215 Å². The molecule has 11 heteroatoms. The van der Waals surface area contributed by atoms with E-state index in [1.807, 2.05) is 13.0 Å². The summed E-state index contributed by atoms with van der Waals surface area (Å²) in [4.78, 5) is 16.3. The first-order valence-corrected chi connectivity index (χ1v) is 13.8. The van der Waals surface area contributed by atoms with Crippen molar-refractivity contribution in [3.63, 3.8) is 0 Å². The molecule has 2 heterocycles. The van der Waals surface area contributed by atoms with Gasteiger partial charge in [0, 0.05) is 37.8 Å². The molecule has 2 aliphatic heterocycles. The van der Waals surface area contributed by atoms with Crippen LogP contribution in [-0.4, -0.2) is 62.6 Å². The van der Waals surface area contributed by atoms with Gasteiger partial charge in [-0.1, -0.05) is 23.2 Å². The third-order valence-electron chi connectivity index (χ3n) is 6.67. The Hall–Kier alpha value is -2.07. The van der Waals surface area contributed by atoms with Gasteiger partial charge in [-0.15, -0.1) is 0 Å². The van der Waals surface area contributed by atoms with Crippen molar-refractivity contribution in [2.24, 2.45) is 0 Å². The summed E-state index contributed by atoms with van der Waals surface area (Å²) in [6.45, 7) is 4.61. The predicted molar refractivity (Wildman–Crippen MR) is 133 cm³/mol. The molecule has 4 rings (SSSR count). The molecule has 1 N–H and O–H groups in total. The van der Waals surface area contributed by atoms with Gasteiger partial charge in [-0.2, -0.15) is 0 Å².